The molecule has 0 aliphatic rings. The number of aryl methyl sites for hydroxylation is 1. The number of ether oxygens (including phenoxy) is 1. The second kappa shape index (κ2) is 7.62. The molecule has 1 unspecified atom stereocenters. The summed E-state index contributed by atoms with van der Waals surface area (Å²) in [4.78, 5) is 0. The van der Waals surface area contributed by atoms with Crippen LogP contribution in [0.15, 0.2) is 46.9 Å². The van der Waals surface area contributed by atoms with Crippen LogP contribution >= 0.6 is 15.9 Å². The highest BCUT2D eigenvalue weighted by Gasteiger charge is 2.14. The van der Waals surface area contributed by atoms with E-state index in [4.69, 9.17) is 10.5 Å². The number of nitrogens with two attached hydrogens (primary N) is 1. The second-order valence-electron chi connectivity index (χ2n) is 5.22. The molecule has 0 saturated heterocycles. The van der Waals surface area contributed by atoms with Crippen LogP contribution in [0, 0.1) is 6.92 Å². The van der Waals surface area contributed by atoms with E-state index in [0.29, 0.717) is 19.1 Å². The van der Waals surface area contributed by atoms with Gasteiger partial charge in [-0.05, 0) is 67.8 Å². The molecule has 0 aromatic heterocycles. The van der Waals surface area contributed by atoms with E-state index < -0.39 is 0 Å². The van der Waals surface area contributed by atoms with Gasteiger partial charge in [0.15, 0.2) is 0 Å². The van der Waals surface area contributed by atoms with Crippen LogP contribution in [0.25, 0.3) is 0 Å². The number of hydrogen-bond acceptors (Lipinski definition) is 2. The molecule has 0 fully saturated rings. The van der Waals surface area contributed by atoms with Gasteiger partial charge in [0.25, 0.3) is 0 Å². The predicted molar refractivity (Wildman–Crippen MR) is 92.0 cm³/mol. The molecule has 0 aliphatic carbocycles. The summed E-state index contributed by atoms with van der Waals surface area (Å²) in [6.07, 6.45) is 0.949. The van der Waals surface area contributed by atoms with Crippen LogP contribution in [0.5, 0.6) is 5.75 Å². The van der Waals surface area contributed by atoms with Crippen molar-refractivity contribution >= 4 is 15.9 Å². The first-order valence-electron chi connectivity index (χ1n) is 7.32. The standard InChI is InChI=1S/C18H22BrNO/c1-3-21-17-7-8-18(13(2)9-17)15(12-20)10-14-5-4-6-16(19)11-14/h4-9,11,15H,3,10,12,20H2,1-2H3. The monoisotopic (exact) mass is 347 g/mol. The van der Waals surface area contributed by atoms with E-state index in [0.717, 1.165) is 16.6 Å². The highest BCUT2D eigenvalue weighted by molar-refractivity contribution is 9.10. The van der Waals surface area contributed by atoms with Gasteiger partial charge in [-0.2, -0.15) is 0 Å². The molecule has 1 atom stereocenters. The maximum Gasteiger partial charge on any atom is 0.119 e. The quantitative estimate of drug-likeness (QED) is 0.838. The van der Waals surface area contributed by atoms with E-state index in [1.165, 1.54) is 16.7 Å². The van der Waals surface area contributed by atoms with E-state index >= 15 is 0 Å². The Balaban J connectivity index is 2.21. The van der Waals surface area contributed by atoms with E-state index in [1.54, 1.807) is 0 Å². The number of hydrogen-bond donors (Lipinski definition) is 1. The van der Waals surface area contributed by atoms with Crippen molar-refractivity contribution in [3.8, 4) is 5.75 Å². The van der Waals surface area contributed by atoms with Crippen molar-refractivity contribution in [3.05, 3.63) is 63.6 Å². The van der Waals surface area contributed by atoms with E-state index in [-0.39, 0.29) is 0 Å². The molecule has 0 bridgehead atoms. The normalized spacial score (nSPS) is 12.2. The molecule has 0 heterocycles. The molecule has 2 nitrogen and oxygen atoms in total. The molecule has 2 N–H and O–H groups in total. The van der Waals surface area contributed by atoms with E-state index in [9.17, 15) is 0 Å². The van der Waals surface area contributed by atoms with Crippen LogP contribution in [0.1, 0.15) is 29.5 Å². The van der Waals surface area contributed by atoms with Crippen molar-refractivity contribution in [3.63, 3.8) is 0 Å². The van der Waals surface area contributed by atoms with Gasteiger partial charge in [0.1, 0.15) is 5.75 Å². The molecule has 0 amide bonds. The number of benzene rings is 2. The van der Waals surface area contributed by atoms with Gasteiger partial charge in [-0.1, -0.05) is 34.1 Å². The maximum atomic E-state index is 6.01. The van der Waals surface area contributed by atoms with Crippen LogP contribution in [0.4, 0.5) is 0 Å². The Hall–Kier alpha value is -1.32. The highest BCUT2D eigenvalue weighted by atomic mass is 79.9. The van der Waals surface area contributed by atoms with Gasteiger partial charge >= 0.3 is 0 Å². The minimum Gasteiger partial charge on any atom is -0.494 e. The minimum absolute atomic E-state index is 0.329. The first kappa shape index (κ1) is 16.1. The third kappa shape index (κ3) is 4.32. The van der Waals surface area contributed by atoms with Crippen LogP contribution in [-0.2, 0) is 6.42 Å². The molecular weight excluding hydrogens is 326 g/mol. The summed E-state index contributed by atoms with van der Waals surface area (Å²) in [7, 11) is 0. The van der Waals surface area contributed by atoms with Crippen LogP contribution in [-0.4, -0.2) is 13.2 Å². The minimum atomic E-state index is 0.329. The van der Waals surface area contributed by atoms with Gasteiger partial charge in [-0.25, -0.2) is 0 Å². The summed E-state index contributed by atoms with van der Waals surface area (Å²) < 4.78 is 6.66. The highest BCUT2D eigenvalue weighted by Crippen LogP contribution is 2.27. The third-order valence-electron chi connectivity index (χ3n) is 3.65. The molecule has 0 spiro atoms. The Morgan fingerprint density at radius 2 is 2.00 bits per heavy atom. The predicted octanol–water partition coefficient (Wildman–Crippen LogP) is 4.44. The molecule has 112 valence electrons. The maximum absolute atomic E-state index is 6.01. The van der Waals surface area contributed by atoms with Gasteiger partial charge in [-0.15, -0.1) is 0 Å². The Morgan fingerprint density at radius 3 is 2.62 bits per heavy atom. The van der Waals surface area contributed by atoms with Crippen molar-refractivity contribution in [2.24, 2.45) is 5.73 Å². The zero-order chi connectivity index (χ0) is 15.2. The first-order chi connectivity index (χ1) is 10.1. The van der Waals surface area contributed by atoms with E-state index in [2.05, 4.69) is 53.2 Å². The zero-order valence-corrected chi connectivity index (χ0v) is 14.2. The molecule has 21 heavy (non-hydrogen) atoms. The van der Waals surface area contributed by atoms with Gasteiger partial charge in [-0.3, -0.25) is 0 Å². The molecule has 2 rings (SSSR count). The molecule has 0 radical (unpaired) electrons. The van der Waals surface area contributed by atoms with Crippen molar-refractivity contribution in [2.45, 2.75) is 26.2 Å². The third-order valence-corrected chi connectivity index (χ3v) is 4.14. The van der Waals surface area contributed by atoms with Crippen LogP contribution in [0.3, 0.4) is 0 Å². The Kier molecular flexibility index (Phi) is 5.83. The lowest BCUT2D eigenvalue weighted by atomic mass is 9.89. The van der Waals surface area contributed by atoms with Crippen molar-refractivity contribution in [1.82, 2.24) is 0 Å². The van der Waals surface area contributed by atoms with Crippen LogP contribution < -0.4 is 10.5 Å². The summed E-state index contributed by atoms with van der Waals surface area (Å²) in [6.45, 7) is 5.46. The van der Waals surface area contributed by atoms with Gasteiger partial charge in [0, 0.05) is 10.4 Å². The van der Waals surface area contributed by atoms with Crippen molar-refractivity contribution in [1.29, 1.82) is 0 Å². The summed E-state index contributed by atoms with van der Waals surface area (Å²) in [5, 5.41) is 0. The Bertz CT molecular complexity index is 598. The van der Waals surface area contributed by atoms with E-state index in [1.807, 2.05) is 19.1 Å². The lowest BCUT2D eigenvalue weighted by Gasteiger charge is -2.19. The van der Waals surface area contributed by atoms with Gasteiger partial charge < -0.3 is 10.5 Å². The van der Waals surface area contributed by atoms with Crippen molar-refractivity contribution < 1.29 is 4.74 Å². The first-order valence-corrected chi connectivity index (χ1v) is 8.11. The largest absolute Gasteiger partial charge is 0.494 e. The van der Waals surface area contributed by atoms with Crippen LogP contribution in [0.2, 0.25) is 0 Å². The SMILES string of the molecule is CCOc1ccc(C(CN)Cc2cccc(Br)c2)c(C)c1. The lowest BCUT2D eigenvalue weighted by Crippen LogP contribution is -2.16. The molecule has 2 aromatic rings. The number of rotatable bonds is 6. The second-order valence-corrected chi connectivity index (χ2v) is 6.13. The summed E-state index contributed by atoms with van der Waals surface area (Å²) in [5.74, 6) is 1.26. The fourth-order valence-electron chi connectivity index (χ4n) is 2.63. The summed E-state index contributed by atoms with van der Waals surface area (Å²) >= 11 is 3.52. The number of halogens is 1. The van der Waals surface area contributed by atoms with Crippen molar-refractivity contribution in [2.75, 3.05) is 13.2 Å². The molecule has 3 heteroatoms. The topological polar surface area (TPSA) is 35.2 Å². The average molecular weight is 348 g/mol. The van der Waals surface area contributed by atoms with Gasteiger partial charge in [0.2, 0.25) is 0 Å². The average Bonchev–Trinajstić information content (AvgIpc) is 2.46. The summed E-state index contributed by atoms with van der Waals surface area (Å²) in [5.41, 5.74) is 9.86. The molecular formula is C18H22BrNO. The molecule has 0 aliphatic heterocycles. The molecule has 0 saturated carbocycles. The molecule has 2 aromatic carbocycles. The Labute approximate surface area is 135 Å². The fourth-order valence-corrected chi connectivity index (χ4v) is 3.08. The van der Waals surface area contributed by atoms with Gasteiger partial charge in [0.05, 0.1) is 6.61 Å². The lowest BCUT2D eigenvalue weighted by molar-refractivity contribution is 0.340. The zero-order valence-electron chi connectivity index (χ0n) is 12.6. The smallest absolute Gasteiger partial charge is 0.119 e. The fraction of sp³-hybridized carbons (Fsp3) is 0.333. The summed E-state index contributed by atoms with van der Waals surface area (Å²) in [6, 6.07) is 14.7. The Morgan fingerprint density at radius 1 is 1.19 bits per heavy atom.